The first-order chi connectivity index (χ1) is 14.6. The Morgan fingerprint density at radius 2 is 1.74 bits per heavy atom. The van der Waals surface area contributed by atoms with Gasteiger partial charge in [-0.25, -0.2) is 12.7 Å². The van der Waals surface area contributed by atoms with Crippen molar-refractivity contribution >= 4 is 27.5 Å². The summed E-state index contributed by atoms with van der Waals surface area (Å²) in [5.41, 5.74) is 5.41. The molecule has 7 heteroatoms. The lowest BCUT2D eigenvalue weighted by atomic mass is 9.94. The first kappa shape index (κ1) is 23.8. The quantitative estimate of drug-likeness (QED) is 0.677. The summed E-state index contributed by atoms with van der Waals surface area (Å²) in [6, 6.07) is 11.1. The molecule has 31 heavy (non-hydrogen) atoms. The summed E-state index contributed by atoms with van der Waals surface area (Å²) < 4.78 is 27.1. The molecule has 0 unspecified atom stereocenters. The lowest BCUT2D eigenvalue weighted by molar-refractivity contribution is -0.126. The van der Waals surface area contributed by atoms with E-state index in [1.54, 1.807) is 24.3 Å². The molecule has 168 valence electrons. The Bertz CT molecular complexity index is 1060. The lowest BCUT2D eigenvalue weighted by Crippen LogP contribution is -2.43. The van der Waals surface area contributed by atoms with Gasteiger partial charge in [-0.1, -0.05) is 35.9 Å². The minimum atomic E-state index is -3.44. The monoisotopic (exact) mass is 462 g/mol. The van der Waals surface area contributed by atoms with Gasteiger partial charge in [0.1, 0.15) is 0 Å². The van der Waals surface area contributed by atoms with Crippen LogP contribution in [0.5, 0.6) is 0 Å². The third kappa shape index (κ3) is 5.88. The van der Waals surface area contributed by atoms with Gasteiger partial charge in [-0.05, 0) is 80.5 Å². The summed E-state index contributed by atoms with van der Waals surface area (Å²) >= 11 is 5.97. The van der Waals surface area contributed by atoms with E-state index in [2.05, 4.69) is 38.2 Å². The van der Waals surface area contributed by atoms with Crippen LogP contribution >= 0.6 is 11.6 Å². The van der Waals surface area contributed by atoms with Gasteiger partial charge >= 0.3 is 0 Å². The molecule has 1 saturated heterocycles. The van der Waals surface area contributed by atoms with E-state index in [4.69, 9.17) is 11.6 Å². The van der Waals surface area contributed by atoms with E-state index in [1.165, 1.54) is 15.4 Å². The predicted octanol–water partition coefficient (Wildman–Crippen LogP) is 4.68. The molecule has 1 amide bonds. The van der Waals surface area contributed by atoms with Crippen LogP contribution in [0, 0.1) is 26.7 Å². The number of amides is 1. The zero-order chi connectivity index (χ0) is 22.8. The van der Waals surface area contributed by atoms with E-state index in [0.717, 1.165) is 11.1 Å². The van der Waals surface area contributed by atoms with Crippen LogP contribution in [0.4, 0.5) is 0 Å². The third-order valence-corrected chi connectivity index (χ3v) is 8.25. The normalized spacial score (nSPS) is 16.8. The average Bonchev–Trinajstić information content (AvgIpc) is 2.70. The molecule has 2 aromatic carbocycles. The van der Waals surface area contributed by atoms with Crippen LogP contribution in [0.2, 0.25) is 5.02 Å². The van der Waals surface area contributed by atoms with Gasteiger partial charge in [0.25, 0.3) is 0 Å². The maximum Gasteiger partial charge on any atom is 0.223 e. The molecule has 1 aliphatic heterocycles. The average molecular weight is 463 g/mol. The Morgan fingerprint density at radius 3 is 2.39 bits per heavy atom. The molecule has 0 bridgehead atoms. The van der Waals surface area contributed by atoms with Gasteiger partial charge in [-0.2, -0.15) is 0 Å². The number of aryl methyl sites for hydroxylation is 3. The van der Waals surface area contributed by atoms with Gasteiger partial charge < -0.3 is 5.32 Å². The van der Waals surface area contributed by atoms with Crippen LogP contribution in [0.15, 0.2) is 36.4 Å². The Labute approximate surface area is 190 Å². The second-order valence-electron chi connectivity index (χ2n) is 8.58. The van der Waals surface area contributed by atoms with Crippen molar-refractivity contribution in [1.29, 1.82) is 0 Å². The van der Waals surface area contributed by atoms with Crippen LogP contribution in [0.25, 0.3) is 0 Å². The van der Waals surface area contributed by atoms with Crippen molar-refractivity contribution in [3.63, 3.8) is 0 Å². The number of hydrogen-bond donors (Lipinski definition) is 1. The number of hydrogen-bond acceptors (Lipinski definition) is 3. The number of nitrogens with one attached hydrogen (secondary N) is 1. The molecule has 1 aliphatic rings. The summed E-state index contributed by atoms with van der Waals surface area (Å²) in [6.45, 7) is 8.94. The summed E-state index contributed by atoms with van der Waals surface area (Å²) in [5.74, 6) is -0.253. The molecule has 3 rings (SSSR count). The van der Waals surface area contributed by atoms with E-state index in [1.807, 2.05) is 6.92 Å². The van der Waals surface area contributed by atoms with Crippen molar-refractivity contribution in [2.24, 2.45) is 5.92 Å². The number of carbonyl (C=O) groups is 1. The SMILES string of the molecule is Cc1cc(C)c([C@@H](C)NC(=O)C2CCN(S(=O)(=O)Cc3cccc(Cl)c3)CC2)cc1C. The molecular formula is C24H31ClN2O3S. The maximum atomic E-state index is 12.8. The molecule has 1 fully saturated rings. The predicted molar refractivity (Wildman–Crippen MR) is 126 cm³/mol. The van der Waals surface area contributed by atoms with Crippen LogP contribution in [-0.2, 0) is 20.6 Å². The molecule has 0 saturated carbocycles. The Morgan fingerprint density at radius 1 is 1.10 bits per heavy atom. The van der Waals surface area contributed by atoms with Crippen molar-refractivity contribution in [2.75, 3.05) is 13.1 Å². The molecule has 1 N–H and O–H groups in total. The molecule has 1 atom stereocenters. The second-order valence-corrected chi connectivity index (χ2v) is 11.0. The van der Waals surface area contributed by atoms with Crippen LogP contribution in [-0.4, -0.2) is 31.7 Å². The Hall–Kier alpha value is -1.89. The van der Waals surface area contributed by atoms with Crippen LogP contribution in [0.1, 0.15) is 53.6 Å². The van der Waals surface area contributed by atoms with Crippen molar-refractivity contribution in [3.8, 4) is 0 Å². The molecule has 0 spiro atoms. The van der Waals surface area contributed by atoms with E-state index < -0.39 is 10.0 Å². The molecular weight excluding hydrogens is 432 g/mol. The summed E-state index contributed by atoms with van der Waals surface area (Å²) in [4.78, 5) is 12.8. The van der Waals surface area contributed by atoms with E-state index in [0.29, 0.717) is 36.5 Å². The number of sulfonamides is 1. The number of piperidine rings is 1. The van der Waals surface area contributed by atoms with Gasteiger partial charge in [0, 0.05) is 24.0 Å². The number of benzene rings is 2. The van der Waals surface area contributed by atoms with Crippen molar-refractivity contribution in [2.45, 2.75) is 52.3 Å². The fraction of sp³-hybridized carbons (Fsp3) is 0.458. The summed E-state index contributed by atoms with van der Waals surface area (Å²) in [7, 11) is -3.44. The smallest absolute Gasteiger partial charge is 0.223 e. The van der Waals surface area contributed by atoms with E-state index in [9.17, 15) is 13.2 Å². The fourth-order valence-corrected chi connectivity index (χ4v) is 5.95. The highest BCUT2D eigenvalue weighted by molar-refractivity contribution is 7.88. The maximum absolute atomic E-state index is 12.8. The first-order valence-electron chi connectivity index (χ1n) is 10.7. The van der Waals surface area contributed by atoms with E-state index >= 15 is 0 Å². The van der Waals surface area contributed by atoms with Crippen LogP contribution in [0.3, 0.4) is 0 Å². The number of nitrogens with zero attached hydrogens (tertiary/aromatic N) is 1. The molecule has 0 aliphatic carbocycles. The highest BCUT2D eigenvalue weighted by Gasteiger charge is 2.31. The van der Waals surface area contributed by atoms with Crippen molar-refractivity contribution in [1.82, 2.24) is 9.62 Å². The fourth-order valence-electron chi connectivity index (χ4n) is 4.18. The number of carbonyl (C=O) groups excluding carboxylic acids is 1. The van der Waals surface area contributed by atoms with Gasteiger partial charge in [0.05, 0.1) is 11.8 Å². The molecule has 0 radical (unpaired) electrons. The molecule has 2 aromatic rings. The Balaban J connectivity index is 1.57. The lowest BCUT2D eigenvalue weighted by Gasteiger charge is -2.31. The third-order valence-electron chi connectivity index (χ3n) is 6.16. The minimum absolute atomic E-state index is 0.00276. The van der Waals surface area contributed by atoms with Gasteiger partial charge in [-0.15, -0.1) is 0 Å². The van der Waals surface area contributed by atoms with Crippen molar-refractivity contribution < 1.29 is 13.2 Å². The number of halogens is 1. The topological polar surface area (TPSA) is 66.5 Å². The molecule has 5 nitrogen and oxygen atoms in total. The first-order valence-corrected chi connectivity index (χ1v) is 12.7. The van der Waals surface area contributed by atoms with Gasteiger partial charge in [0.2, 0.25) is 15.9 Å². The zero-order valence-electron chi connectivity index (χ0n) is 18.6. The standard InChI is InChI=1S/C24H31ClN2O3S/c1-16-12-18(3)23(13-17(16)2)19(4)26-24(28)21-8-10-27(11-9-21)31(29,30)15-20-6-5-7-22(25)14-20/h5-7,12-14,19,21H,8-11,15H2,1-4H3,(H,26,28)/t19-/m1/s1. The number of rotatable bonds is 6. The Kier molecular flexibility index (Phi) is 7.45. The van der Waals surface area contributed by atoms with Crippen LogP contribution < -0.4 is 5.32 Å². The largest absolute Gasteiger partial charge is 0.349 e. The second kappa shape index (κ2) is 9.72. The summed E-state index contributed by atoms with van der Waals surface area (Å²) in [5, 5.41) is 3.66. The summed E-state index contributed by atoms with van der Waals surface area (Å²) in [6.07, 6.45) is 1.05. The van der Waals surface area contributed by atoms with Gasteiger partial charge in [0.15, 0.2) is 0 Å². The zero-order valence-corrected chi connectivity index (χ0v) is 20.2. The van der Waals surface area contributed by atoms with Gasteiger partial charge in [-0.3, -0.25) is 4.79 Å². The highest BCUT2D eigenvalue weighted by Crippen LogP contribution is 2.25. The molecule has 1 heterocycles. The molecule has 0 aromatic heterocycles. The van der Waals surface area contributed by atoms with Crippen molar-refractivity contribution in [3.05, 3.63) is 69.2 Å². The van der Waals surface area contributed by atoms with E-state index in [-0.39, 0.29) is 23.6 Å². The minimum Gasteiger partial charge on any atom is -0.349 e. The highest BCUT2D eigenvalue weighted by atomic mass is 35.5.